The lowest BCUT2D eigenvalue weighted by Gasteiger charge is -2.32. The maximum atomic E-state index is 8.94. The molecule has 0 bridgehead atoms. The number of hydrogen-bond acceptors (Lipinski definition) is 2. The molecule has 1 rings (SSSR count). The van der Waals surface area contributed by atoms with Gasteiger partial charge in [0.1, 0.15) is 0 Å². The summed E-state index contributed by atoms with van der Waals surface area (Å²) in [5.74, 6) is 0. The lowest BCUT2D eigenvalue weighted by molar-refractivity contribution is 0.321. The lowest BCUT2D eigenvalue weighted by atomic mass is 9.78. The number of allylic oxidation sites excluding steroid dienone is 2. The third kappa shape index (κ3) is 3.18. The summed E-state index contributed by atoms with van der Waals surface area (Å²) >= 11 is 1.67. The van der Waals surface area contributed by atoms with Gasteiger partial charge in [0, 0.05) is 4.91 Å². The van der Waals surface area contributed by atoms with Crippen LogP contribution in [0, 0.1) is 5.41 Å². The van der Waals surface area contributed by atoms with Crippen molar-refractivity contribution in [3.8, 4) is 0 Å². The largest absolute Gasteiger partial charge is 0.391 e. The molecule has 14 heavy (non-hydrogen) atoms. The topological polar surface area (TPSA) is 20.2 Å². The Morgan fingerprint density at radius 1 is 1.57 bits per heavy atom. The van der Waals surface area contributed by atoms with E-state index >= 15 is 0 Å². The highest BCUT2D eigenvalue weighted by Crippen LogP contribution is 2.44. The zero-order valence-electron chi connectivity index (χ0n) is 9.39. The summed E-state index contributed by atoms with van der Waals surface area (Å²) < 4.78 is 0. The van der Waals surface area contributed by atoms with Gasteiger partial charge in [0.15, 0.2) is 0 Å². The van der Waals surface area contributed by atoms with Crippen LogP contribution in [0.4, 0.5) is 0 Å². The second-order valence-corrected chi connectivity index (χ2v) is 6.12. The second kappa shape index (κ2) is 4.54. The predicted octanol–water partition coefficient (Wildman–Crippen LogP) is 3.71. The van der Waals surface area contributed by atoms with Gasteiger partial charge in [0.25, 0.3) is 0 Å². The number of rotatable bonds is 3. The van der Waals surface area contributed by atoms with E-state index in [1.165, 1.54) is 23.3 Å². The van der Waals surface area contributed by atoms with Gasteiger partial charge in [0.05, 0.1) is 6.61 Å². The summed E-state index contributed by atoms with van der Waals surface area (Å²) in [5, 5.41) is 8.94. The van der Waals surface area contributed by atoms with Crippen LogP contribution in [-0.2, 0) is 0 Å². The van der Waals surface area contributed by atoms with Gasteiger partial charge in [-0.1, -0.05) is 37.8 Å². The Morgan fingerprint density at radius 2 is 2.21 bits per heavy atom. The van der Waals surface area contributed by atoms with E-state index in [1.807, 2.05) is 0 Å². The third-order valence-corrected chi connectivity index (χ3v) is 3.89. The van der Waals surface area contributed by atoms with Gasteiger partial charge in [-0.2, -0.15) is 0 Å². The molecule has 0 aromatic carbocycles. The molecule has 1 N–H and O–H groups in total. The first-order valence-electron chi connectivity index (χ1n) is 5.10. The average molecular weight is 212 g/mol. The molecule has 1 nitrogen and oxygen atoms in total. The Labute approximate surface area is 91.3 Å². The molecule has 0 fully saturated rings. The van der Waals surface area contributed by atoms with E-state index in [4.69, 9.17) is 5.11 Å². The smallest absolute Gasteiger partial charge is 0.0738 e. The molecule has 2 heteroatoms. The molecule has 0 atom stereocenters. The fourth-order valence-electron chi connectivity index (χ4n) is 1.67. The van der Waals surface area contributed by atoms with Crippen LogP contribution in [0.25, 0.3) is 0 Å². The fourth-order valence-corrected chi connectivity index (χ4v) is 2.82. The van der Waals surface area contributed by atoms with Crippen LogP contribution in [0.1, 0.15) is 40.0 Å². The highest BCUT2D eigenvalue weighted by molar-refractivity contribution is 8.06. The van der Waals surface area contributed by atoms with Crippen LogP contribution in [0.15, 0.2) is 22.0 Å². The third-order valence-electron chi connectivity index (χ3n) is 2.74. The molecule has 1 aliphatic carbocycles. The van der Waals surface area contributed by atoms with E-state index in [9.17, 15) is 0 Å². The zero-order chi connectivity index (χ0) is 10.8. The van der Waals surface area contributed by atoms with Crippen LogP contribution in [0.5, 0.6) is 0 Å². The van der Waals surface area contributed by atoms with Gasteiger partial charge >= 0.3 is 0 Å². The van der Waals surface area contributed by atoms with Crippen molar-refractivity contribution in [1.29, 1.82) is 0 Å². The fraction of sp³-hybridized carbons (Fsp3) is 0.667. The van der Waals surface area contributed by atoms with Crippen molar-refractivity contribution in [2.24, 2.45) is 5.41 Å². The number of hydrogen-bond donors (Lipinski definition) is 1. The Bertz CT molecular complexity index is 263. The first kappa shape index (κ1) is 11.9. The van der Waals surface area contributed by atoms with E-state index in [0.717, 1.165) is 11.3 Å². The zero-order valence-corrected chi connectivity index (χ0v) is 10.2. The Hall–Kier alpha value is -0.210. The Balaban J connectivity index is 2.70. The van der Waals surface area contributed by atoms with E-state index in [0.29, 0.717) is 5.41 Å². The second-order valence-electron chi connectivity index (χ2n) is 4.84. The normalized spacial score (nSPS) is 21.1. The van der Waals surface area contributed by atoms with Gasteiger partial charge < -0.3 is 5.11 Å². The van der Waals surface area contributed by atoms with Gasteiger partial charge in [0.2, 0.25) is 0 Å². The molecule has 0 aromatic heterocycles. The number of aliphatic hydroxyl groups is 1. The summed E-state index contributed by atoms with van der Waals surface area (Å²) in [7, 11) is 0. The van der Waals surface area contributed by atoms with Crippen molar-refractivity contribution in [3.63, 3.8) is 0 Å². The Morgan fingerprint density at radius 3 is 2.79 bits per heavy atom. The lowest BCUT2D eigenvalue weighted by Crippen LogP contribution is -2.16. The van der Waals surface area contributed by atoms with E-state index in [-0.39, 0.29) is 6.61 Å². The highest BCUT2D eigenvalue weighted by atomic mass is 32.2. The Kier molecular flexibility index (Phi) is 3.85. The SMILES string of the molecule is C=C(CO)SC1=C(C)CCC(C)(C)C1. The van der Waals surface area contributed by atoms with Crippen molar-refractivity contribution in [1.82, 2.24) is 0 Å². The van der Waals surface area contributed by atoms with Crippen LogP contribution in [-0.4, -0.2) is 11.7 Å². The molecule has 0 saturated heterocycles. The standard InChI is InChI=1S/C12H20OS/c1-9-5-6-12(3,4)7-11(9)14-10(2)8-13/h13H,2,5-8H2,1,3-4H3. The summed E-state index contributed by atoms with van der Waals surface area (Å²) in [6.45, 7) is 10.7. The number of aliphatic hydroxyl groups excluding tert-OH is 1. The number of thioether (sulfide) groups is 1. The van der Waals surface area contributed by atoms with Crippen molar-refractivity contribution in [2.75, 3.05) is 6.61 Å². The van der Waals surface area contributed by atoms with Gasteiger partial charge in [-0.25, -0.2) is 0 Å². The first-order valence-corrected chi connectivity index (χ1v) is 5.91. The minimum Gasteiger partial charge on any atom is -0.391 e. The summed E-state index contributed by atoms with van der Waals surface area (Å²) in [4.78, 5) is 2.28. The molecule has 1 aliphatic rings. The molecular formula is C12H20OS. The quantitative estimate of drug-likeness (QED) is 0.769. The van der Waals surface area contributed by atoms with E-state index in [2.05, 4.69) is 27.4 Å². The van der Waals surface area contributed by atoms with Crippen LogP contribution in [0.3, 0.4) is 0 Å². The monoisotopic (exact) mass is 212 g/mol. The van der Waals surface area contributed by atoms with Crippen LogP contribution < -0.4 is 0 Å². The van der Waals surface area contributed by atoms with Crippen molar-refractivity contribution in [2.45, 2.75) is 40.0 Å². The van der Waals surface area contributed by atoms with Gasteiger partial charge in [-0.15, -0.1) is 0 Å². The predicted molar refractivity (Wildman–Crippen MR) is 64.1 cm³/mol. The maximum Gasteiger partial charge on any atom is 0.0738 e. The van der Waals surface area contributed by atoms with Crippen molar-refractivity contribution >= 4 is 11.8 Å². The van der Waals surface area contributed by atoms with Crippen LogP contribution in [0.2, 0.25) is 0 Å². The van der Waals surface area contributed by atoms with Gasteiger partial charge in [-0.3, -0.25) is 0 Å². The van der Waals surface area contributed by atoms with Crippen molar-refractivity contribution < 1.29 is 5.11 Å². The van der Waals surface area contributed by atoms with Gasteiger partial charge in [-0.05, 0) is 36.5 Å². The maximum absolute atomic E-state index is 8.94. The summed E-state index contributed by atoms with van der Waals surface area (Å²) in [5.41, 5.74) is 1.89. The first-order chi connectivity index (χ1) is 6.44. The molecule has 0 unspecified atom stereocenters. The highest BCUT2D eigenvalue weighted by Gasteiger charge is 2.25. The molecule has 0 aromatic rings. The minimum absolute atomic E-state index is 0.0852. The molecule has 0 aliphatic heterocycles. The average Bonchev–Trinajstić information content (AvgIpc) is 2.11. The molecule has 80 valence electrons. The molecular weight excluding hydrogens is 192 g/mol. The molecule has 0 spiro atoms. The molecule has 0 amide bonds. The minimum atomic E-state index is 0.0852. The van der Waals surface area contributed by atoms with Crippen molar-refractivity contribution in [3.05, 3.63) is 22.0 Å². The van der Waals surface area contributed by atoms with E-state index in [1.54, 1.807) is 11.8 Å². The summed E-state index contributed by atoms with van der Waals surface area (Å²) in [6.07, 6.45) is 3.59. The van der Waals surface area contributed by atoms with E-state index < -0.39 is 0 Å². The molecule has 0 heterocycles. The molecule has 0 radical (unpaired) electrons. The van der Waals surface area contributed by atoms with Crippen LogP contribution >= 0.6 is 11.8 Å². The summed E-state index contributed by atoms with van der Waals surface area (Å²) in [6, 6.07) is 0. The molecule has 0 saturated carbocycles.